The molecule has 0 unspecified atom stereocenters. The molecule has 1 aliphatic rings. The summed E-state index contributed by atoms with van der Waals surface area (Å²) in [4.78, 5) is 4.09. The van der Waals surface area contributed by atoms with Crippen LogP contribution in [0.4, 0.5) is 0 Å². The first-order valence-electron chi connectivity index (χ1n) is 2.64. The molecule has 0 aromatic carbocycles. The van der Waals surface area contributed by atoms with Crippen molar-refractivity contribution in [1.82, 2.24) is 0 Å². The normalized spacial score (nSPS) is 19.0. The lowest BCUT2D eigenvalue weighted by Crippen LogP contribution is -2.11. The van der Waals surface area contributed by atoms with Crippen LogP contribution in [0.1, 0.15) is 20.8 Å². The minimum atomic E-state index is 0.361. The fourth-order valence-corrected chi connectivity index (χ4v) is 0.514. The second-order valence-electron chi connectivity index (χ2n) is 3.01. The molecule has 1 heterocycles. The van der Waals surface area contributed by atoms with Gasteiger partial charge in [0.1, 0.15) is 0 Å². The van der Waals surface area contributed by atoms with Crippen molar-refractivity contribution in [3.05, 3.63) is 0 Å². The van der Waals surface area contributed by atoms with Crippen molar-refractivity contribution >= 4 is 5.71 Å². The maximum Gasteiger partial charge on any atom is 0.0774 e. The Hall–Kier alpha value is -0.330. The molecule has 0 amide bonds. The summed E-state index contributed by atoms with van der Waals surface area (Å²) >= 11 is 0. The predicted molar refractivity (Wildman–Crippen MR) is 31.8 cm³/mol. The predicted octanol–water partition coefficient (Wildman–Crippen LogP) is 1.49. The van der Waals surface area contributed by atoms with Crippen LogP contribution >= 0.6 is 0 Å². The highest BCUT2D eigenvalue weighted by Gasteiger charge is 2.24. The largest absolute Gasteiger partial charge is 0.286 e. The van der Waals surface area contributed by atoms with Gasteiger partial charge in [0.2, 0.25) is 0 Å². The van der Waals surface area contributed by atoms with Gasteiger partial charge in [-0.1, -0.05) is 20.8 Å². The Kier molecular flexibility index (Phi) is 0.748. The Balaban J connectivity index is 2.53. The Labute approximate surface area is 44.5 Å². The van der Waals surface area contributed by atoms with E-state index in [1.165, 1.54) is 5.71 Å². The number of hydrogen-bond acceptors (Lipinski definition) is 1. The zero-order valence-electron chi connectivity index (χ0n) is 5.15. The molecule has 0 spiro atoms. The molecule has 0 saturated carbocycles. The van der Waals surface area contributed by atoms with Crippen molar-refractivity contribution < 1.29 is 0 Å². The molecule has 0 aliphatic carbocycles. The van der Waals surface area contributed by atoms with Gasteiger partial charge in [-0.05, 0) is 0 Å². The fraction of sp³-hybridized carbons (Fsp3) is 0.833. The third-order valence-electron chi connectivity index (χ3n) is 1.18. The first-order valence-corrected chi connectivity index (χ1v) is 2.64. The summed E-state index contributed by atoms with van der Waals surface area (Å²) in [6.07, 6.45) is 0. The molecule has 0 N–H and O–H groups in total. The topological polar surface area (TPSA) is 12.4 Å². The third-order valence-corrected chi connectivity index (χ3v) is 1.18. The lowest BCUT2D eigenvalue weighted by atomic mass is 9.94. The van der Waals surface area contributed by atoms with Crippen LogP contribution in [0.15, 0.2) is 4.99 Å². The molecule has 0 atom stereocenters. The summed E-state index contributed by atoms with van der Waals surface area (Å²) in [6.45, 7) is 7.60. The monoisotopic (exact) mass is 97.1 g/mol. The second-order valence-corrected chi connectivity index (χ2v) is 3.01. The maximum atomic E-state index is 4.09. The summed E-state index contributed by atoms with van der Waals surface area (Å²) in [5.41, 5.74) is 1.73. The standard InChI is InChI=1S/C6H11N/c1-6(2,3)5-4-7-5/h4H2,1-3H3. The summed E-state index contributed by atoms with van der Waals surface area (Å²) in [7, 11) is 0. The third kappa shape index (κ3) is 1.02. The van der Waals surface area contributed by atoms with Gasteiger partial charge < -0.3 is 0 Å². The van der Waals surface area contributed by atoms with Gasteiger partial charge in [-0.15, -0.1) is 0 Å². The van der Waals surface area contributed by atoms with E-state index in [4.69, 9.17) is 0 Å². The smallest absolute Gasteiger partial charge is 0.0774 e. The average molecular weight is 97.2 g/mol. The zero-order chi connectivity index (χ0) is 5.49. The average Bonchev–Trinajstić information content (AvgIpc) is 1.99. The Bertz CT molecular complexity index is 106. The van der Waals surface area contributed by atoms with Crippen LogP contribution in [0.3, 0.4) is 0 Å². The second kappa shape index (κ2) is 1.09. The van der Waals surface area contributed by atoms with E-state index in [2.05, 4.69) is 25.8 Å². The van der Waals surface area contributed by atoms with E-state index in [0.717, 1.165) is 6.54 Å². The molecule has 1 heteroatoms. The Morgan fingerprint density at radius 2 is 1.86 bits per heavy atom. The van der Waals surface area contributed by atoms with Gasteiger partial charge in [0, 0.05) is 11.1 Å². The van der Waals surface area contributed by atoms with Crippen LogP contribution < -0.4 is 0 Å². The lowest BCUT2D eigenvalue weighted by molar-refractivity contribution is 0.601. The fourth-order valence-electron chi connectivity index (χ4n) is 0.514. The van der Waals surface area contributed by atoms with Crippen LogP contribution in [0.25, 0.3) is 0 Å². The highest BCUT2D eigenvalue weighted by molar-refractivity contribution is 6.00. The van der Waals surface area contributed by atoms with Crippen LogP contribution in [-0.2, 0) is 0 Å². The van der Waals surface area contributed by atoms with Crippen LogP contribution in [0.5, 0.6) is 0 Å². The van der Waals surface area contributed by atoms with Crippen molar-refractivity contribution in [3.63, 3.8) is 0 Å². The van der Waals surface area contributed by atoms with Crippen molar-refractivity contribution in [1.29, 1.82) is 0 Å². The highest BCUT2D eigenvalue weighted by atomic mass is 14.9. The molecular formula is C6H11N. The first kappa shape index (κ1) is 4.82. The first-order chi connectivity index (χ1) is 3.11. The summed E-state index contributed by atoms with van der Waals surface area (Å²) in [5, 5.41) is 0. The molecule has 7 heavy (non-hydrogen) atoms. The van der Waals surface area contributed by atoms with Crippen molar-refractivity contribution in [2.75, 3.05) is 6.54 Å². The molecule has 0 saturated heterocycles. The number of aliphatic imine (C=N–C) groups is 1. The summed E-state index contributed by atoms with van der Waals surface area (Å²) in [6, 6.07) is 0. The minimum absolute atomic E-state index is 0.361. The van der Waals surface area contributed by atoms with E-state index in [0.29, 0.717) is 5.41 Å². The van der Waals surface area contributed by atoms with E-state index in [-0.39, 0.29) is 0 Å². The molecule has 1 nitrogen and oxygen atoms in total. The number of rotatable bonds is 0. The molecule has 0 fully saturated rings. The molecule has 1 aliphatic heterocycles. The van der Waals surface area contributed by atoms with Gasteiger partial charge in [-0.3, -0.25) is 4.99 Å². The van der Waals surface area contributed by atoms with Crippen molar-refractivity contribution in [2.24, 2.45) is 10.4 Å². The minimum Gasteiger partial charge on any atom is -0.286 e. The highest BCUT2D eigenvalue weighted by Crippen LogP contribution is 2.22. The summed E-state index contributed by atoms with van der Waals surface area (Å²) < 4.78 is 0. The Morgan fingerprint density at radius 3 is 1.86 bits per heavy atom. The van der Waals surface area contributed by atoms with Gasteiger partial charge in [-0.25, -0.2) is 0 Å². The van der Waals surface area contributed by atoms with E-state index in [1.807, 2.05) is 0 Å². The van der Waals surface area contributed by atoms with Crippen molar-refractivity contribution in [3.8, 4) is 0 Å². The molecule has 0 radical (unpaired) electrons. The van der Waals surface area contributed by atoms with E-state index < -0.39 is 0 Å². The van der Waals surface area contributed by atoms with E-state index in [9.17, 15) is 0 Å². The van der Waals surface area contributed by atoms with E-state index >= 15 is 0 Å². The molecule has 0 aromatic heterocycles. The van der Waals surface area contributed by atoms with Crippen LogP contribution in [0, 0.1) is 5.41 Å². The van der Waals surface area contributed by atoms with Gasteiger partial charge in [0.25, 0.3) is 0 Å². The van der Waals surface area contributed by atoms with Gasteiger partial charge in [-0.2, -0.15) is 0 Å². The van der Waals surface area contributed by atoms with Gasteiger partial charge in [0.15, 0.2) is 0 Å². The summed E-state index contributed by atoms with van der Waals surface area (Å²) in [5.74, 6) is 0. The molecule has 0 aromatic rings. The molecule has 40 valence electrons. The molecule has 1 rings (SSSR count). The van der Waals surface area contributed by atoms with Crippen LogP contribution in [0.2, 0.25) is 0 Å². The lowest BCUT2D eigenvalue weighted by Gasteiger charge is -2.09. The SMILES string of the molecule is CC(C)(C)C1=NC1. The number of hydrogen-bond donors (Lipinski definition) is 0. The molecule has 0 bridgehead atoms. The van der Waals surface area contributed by atoms with Gasteiger partial charge >= 0.3 is 0 Å². The number of nitrogens with zero attached hydrogens (tertiary/aromatic N) is 1. The van der Waals surface area contributed by atoms with Crippen LogP contribution in [-0.4, -0.2) is 12.3 Å². The molecular weight excluding hydrogens is 86.1 g/mol. The Morgan fingerprint density at radius 1 is 1.43 bits per heavy atom. The van der Waals surface area contributed by atoms with Crippen molar-refractivity contribution in [2.45, 2.75) is 20.8 Å². The quantitative estimate of drug-likeness (QED) is 0.434. The maximum absolute atomic E-state index is 4.09. The van der Waals surface area contributed by atoms with Gasteiger partial charge in [0.05, 0.1) is 6.54 Å². The zero-order valence-corrected chi connectivity index (χ0v) is 5.15. The van der Waals surface area contributed by atoms with E-state index in [1.54, 1.807) is 0 Å².